The molecule has 0 aliphatic heterocycles. The normalized spacial score (nSPS) is 11.6. The zero-order valence-electron chi connectivity index (χ0n) is 18.2. The SMILES string of the molecule is COc1cc2nc(CNCc3cccc(N=C(C)N(C)C)c3)[nH]c(=O)c2c(F)c1OC. The van der Waals surface area contributed by atoms with E-state index in [0.29, 0.717) is 18.9 Å². The molecule has 164 valence electrons. The van der Waals surface area contributed by atoms with Crippen LogP contribution in [-0.4, -0.2) is 49.0 Å². The standard InChI is InChI=1S/C22H26FN5O3/c1-13(28(2)3)25-15-8-6-7-14(9-15)11-24-12-18-26-16-10-17(30-4)21(31-5)20(23)19(16)22(29)27-18/h6-10,24H,11-12H2,1-5H3,(H,26,27,29). The van der Waals surface area contributed by atoms with Gasteiger partial charge in [-0.15, -0.1) is 0 Å². The number of amidine groups is 1. The Morgan fingerprint density at radius 1 is 1.23 bits per heavy atom. The Morgan fingerprint density at radius 3 is 2.68 bits per heavy atom. The molecule has 0 fully saturated rings. The average Bonchev–Trinajstić information content (AvgIpc) is 2.73. The fourth-order valence-electron chi connectivity index (χ4n) is 3.04. The molecule has 0 bridgehead atoms. The molecule has 2 N–H and O–H groups in total. The first-order chi connectivity index (χ1) is 14.8. The van der Waals surface area contributed by atoms with Crippen molar-refractivity contribution < 1.29 is 13.9 Å². The number of fused-ring (bicyclic) bond motifs is 1. The minimum absolute atomic E-state index is 0.125. The predicted molar refractivity (Wildman–Crippen MR) is 119 cm³/mol. The summed E-state index contributed by atoms with van der Waals surface area (Å²) >= 11 is 0. The van der Waals surface area contributed by atoms with Crippen molar-refractivity contribution in [2.75, 3.05) is 28.3 Å². The van der Waals surface area contributed by atoms with Gasteiger partial charge in [0, 0.05) is 26.7 Å². The zero-order chi connectivity index (χ0) is 22.5. The van der Waals surface area contributed by atoms with Gasteiger partial charge in [-0.3, -0.25) is 4.79 Å². The molecular weight excluding hydrogens is 401 g/mol. The largest absolute Gasteiger partial charge is 0.493 e. The molecule has 0 spiro atoms. The highest BCUT2D eigenvalue weighted by molar-refractivity contribution is 5.83. The third kappa shape index (κ3) is 5.00. The number of halogens is 1. The van der Waals surface area contributed by atoms with Gasteiger partial charge in [0.1, 0.15) is 17.0 Å². The van der Waals surface area contributed by atoms with Crippen molar-refractivity contribution in [1.82, 2.24) is 20.2 Å². The minimum atomic E-state index is -0.796. The Balaban J connectivity index is 1.78. The Kier molecular flexibility index (Phi) is 6.86. The Bertz CT molecular complexity index is 1170. The van der Waals surface area contributed by atoms with E-state index >= 15 is 0 Å². The van der Waals surface area contributed by atoms with Gasteiger partial charge in [0.2, 0.25) is 0 Å². The Morgan fingerprint density at radius 2 is 2.00 bits per heavy atom. The fraction of sp³-hybridized carbons (Fsp3) is 0.318. The van der Waals surface area contributed by atoms with E-state index in [1.54, 1.807) is 0 Å². The summed E-state index contributed by atoms with van der Waals surface area (Å²) < 4.78 is 24.8. The lowest BCUT2D eigenvalue weighted by Crippen LogP contribution is -2.20. The Labute approximate surface area is 179 Å². The number of ether oxygens (including phenoxy) is 2. The van der Waals surface area contributed by atoms with Crippen molar-refractivity contribution in [3.8, 4) is 11.5 Å². The highest BCUT2D eigenvalue weighted by atomic mass is 19.1. The maximum absolute atomic E-state index is 14.7. The molecule has 3 aromatic rings. The van der Waals surface area contributed by atoms with Crippen molar-refractivity contribution >= 4 is 22.4 Å². The summed E-state index contributed by atoms with van der Waals surface area (Å²) in [5, 5.41) is 3.07. The van der Waals surface area contributed by atoms with Crippen molar-refractivity contribution in [3.05, 3.63) is 57.9 Å². The lowest BCUT2D eigenvalue weighted by molar-refractivity contribution is 0.339. The maximum atomic E-state index is 14.7. The topological polar surface area (TPSA) is 91.8 Å². The summed E-state index contributed by atoms with van der Waals surface area (Å²) in [6.07, 6.45) is 0. The van der Waals surface area contributed by atoms with Gasteiger partial charge in [0.25, 0.3) is 5.56 Å². The first-order valence-corrected chi connectivity index (χ1v) is 9.69. The number of benzene rings is 2. The minimum Gasteiger partial charge on any atom is -0.493 e. The van der Waals surface area contributed by atoms with E-state index in [-0.39, 0.29) is 22.4 Å². The average molecular weight is 427 g/mol. The molecule has 0 saturated carbocycles. The molecule has 2 aromatic carbocycles. The van der Waals surface area contributed by atoms with Gasteiger partial charge in [-0.1, -0.05) is 12.1 Å². The molecule has 0 aliphatic rings. The number of nitrogens with one attached hydrogen (secondary N) is 2. The fourth-order valence-corrected chi connectivity index (χ4v) is 3.04. The molecule has 1 heterocycles. The van der Waals surface area contributed by atoms with Gasteiger partial charge in [0.15, 0.2) is 17.3 Å². The number of aromatic nitrogens is 2. The third-order valence-electron chi connectivity index (χ3n) is 4.80. The summed E-state index contributed by atoms with van der Waals surface area (Å²) in [5.74, 6) is 0.551. The van der Waals surface area contributed by atoms with Crippen LogP contribution in [0.3, 0.4) is 0 Å². The quantitative estimate of drug-likeness (QED) is 0.445. The number of H-pyrrole nitrogens is 1. The van der Waals surface area contributed by atoms with Crippen LogP contribution in [0.15, 0.2) is 40.1 Å². The van der Waals surface area contributed by atoms with Gasteiger partial charge in [-0.25, -0.2) is 14.4 Å². The molecule has 0 atom stereocenters. The summed E-state index contributed by atoms with van der Waals surface area (Å²) in [5.41, 5.74) is 1.52. The molecule has 0 saturated heterocycles. The van der Waals surface area contributed by atoms with Gasteiger partial charge < -0.3 is 24.7 Å². The number of methoxy groups -OCH3 is 2. The lowest BCUT2D eigenvalue weighted by atomic mass is 10.2. The number of nitrogens with zero attached hydrogens (tertiary/aromatic N) is 3. The van der Waals surface area contributed by atoms with Gasteiger partial charge in [-0.05, 0) is 24.6 Å². The maximum Gasteiger partial charge on any atom is 0.261 e. The highest BCUT2D eigenvalue weighted by Crippen LogP contribution is 2.33. The zero-order valence-corrected chi connectivity index (χ0v) is 18.2. The van der Waals surface area contributed by atoms with Crippen LogP contribution in [0.25, 0.3) is 10.9 Å². The summed E-state index contributed by atoms with van der Waals surface area (Å²) in [7, 11) is 6.60. The van der Waals surface area contributed by atoms with Crippen LogP contribution < -0.4 is 20.3 Å². The van der Waals surface area contributed by atoms with E-state index in [4.69, 9.17) is 9.47 Å². The summed E-state index contributed by atoms with van der Waals surface area (Å²) in [6, 6.07) is 9.35. The lowest BCUT2D eigenvalue weighted by Gasteiger charge is -2.12. The molecule has 31 heavy (non-hydrogen) atoms. The van der Waals surface area contributed by atoms with Crippen molar-refractivity contribution in [2.24, 2.45) is 4.99 Å². The van der Waals surface area contributed by atoms with E-state index in [9.17, 15) is 9.18 Å². The van der Waals surface area contributed by atoms with E-state index in [1.807, 2.05) is 50.2 Å². The van der Waals surface area contributed by atoms with Gasteiger partial charge >= 0.3 is 0 Å². The van der Waals surface area contributed by atoms with E-state index < -0.39 is 11.4 Å². The van der Waals surface area contributed by atoms with Crippen LogP contribution in [0.1, 0.15) is 18.3 Å². The predicted octanol–water partition coefficient (Wildman–Crippen LogP) is 2.98. The molecule has 8 nitrogen and oxygen atoms in total. The first kappa shape index (κ1) is 22.2. The number of aromatic amines is 1. The molecule has 0 radical (unpaired) electrons. The van der Waals surface area contributed by atoms with Crippen molar-refractivity contribution in [1.29, 1.82) is 0 Å². The van der Waals surface area contributed by atoms with E-state index in [2.05, 4.69) is 20.3 Å². The molecule has 0 aliphatic carbocycles. The molecule has 0 amide bonds. The van der Waals surface area contributed by atoms with Crippen LogP contribution in [-0.2, 0) is 13.1 Å². The smallest absolute Gasteiger partial charge is 0.261 e. The van der Waals surface area contributed by atoms with Crippen molar-refractivity contribution in [3.63, 3.8) is 0 Å². The van der Waals surface area contributed by atoms with Crippen LogP contribution in [0.5, 0.6) is 11.5 Å². The number of hydrogen-bond acceptors (Lipinski definition) is 6. The van der Waals surface area contributed by atoms with Crippen LogP contribution in [0.2, 0.25) is 0 Å². The summed E-state index contributed by atoms with van der Waals surface area (Å²) in [6.45, 7) is 2.79. The van der Waals surface area contributed by atoms with E-state index in [0.717, 1.165) is 17.1 Å². The molecular formula is C22H26FN5O3. The Hall–Kier alpha value is -3.46. The second-order valence-electron chi connectivity index (χ2n) is 7.16. The van der Waals surface area contributed by atoms with Gasteiger partial charge in [-0.2, -0.15) is 0 Å². The second-order valence-corrected chi connectivity index (χ2v) is 7.16. The van der Waals surface area contributed by atoms with Crippen LogP contribution in [0.4, 0.5) is 10.1 Å². The summed E-state index contributed by atoms with van der Waals surface area (Å²) in [4.78, 5) is 25.9. The van der Waals surface area contributed by atoms with E-state index in [1.165, 1.54) is 20.3 Å². The number of rotatable bonds is 7. The molecule has 3 rings (SSSR count). The third-order valence-corrected chi connectivity index (χ3v) is 4.80. The molecule has 9 heteroatoms. The number of hydrogen-bond donors (Lipinski definition) is 2. The van der Waals surface area contributed by atoms with Gasteiger partial charge in [0.05, 0.1) is 32.0 Å². The monoisotopic (exact) mass is 427 g/mol. The number of aliphatic imine (C=N–C) groups is 1. The van der Waals surface area contributed by atoms with Crippen molar-refractivity contribution in [2.45, 2.75) is 20.0 Å². The second kappa shape index (κ2) is 9.57. The molecule has 0 unspecified atom stereocenters. The van der Waals surface area contributed by atoms with Crippen LogP contribution in [0, 0.1) is 5.82 Å². The first-order valence-electron chi connectivity index (χ1n) is 9.69. The molecule has 1 aromatic heterocycles. The highest BCUT2D eigenvalue weighted by Gasteiger charge is 2.19. The van der Waals surface area contributed by atoms with Crippen LogP contribution >= 0.6 is 0 Å².